The van der Waals surface area contributed by atoms with E-state index in [4.69, 9.17) is 4.74 Å². The molecule has 122 valence electrons. The number of methoxy groups -OCH3 is 1. The van der Waals surface area contributed by atoms with E-state index in [1.807, 2.05) is 48.5 Å². The number of carbonyl (C=O) groups is 1. The summed E-state index contributed by atoms with van der Waals surface area (Å²) in [6.45, 7) is 0.265. The van der Waals surface area contributed by atoms with Gasteiger partial charge < -0.3 is 14.7 Å². The summed E-state index contributed by atoms with van der Waals surface area (Å²) in [6, 6.07) is 17.2. The highest BCUT2D eigenvalue weighted by Crippen LogP contribution is 2.20. The predicted octanol–water partition coefficient (Wildman–Crippen LogP) is 2.82. The minimum Gasteiger partial charge on any atom is -0.497 e. The largest absolute Gasteiger partial charge is 0.497 e. The van der Waals surface area contributed by atoms with Gasteiger partial charge in [-0.15, -0.1) is 0 Å². The van der Waals surface area contributed by atoms with E-state index in [1.54, 1.807) is 25.1 Å². The van der Waals surface area contributed by atoms with Crippen molar-refractivity contribution in [3.05, 3.63) is 65.7 Å². The summed E-state index contributed by atoms with van der Waals surface area (Å²) in [6.07, 6.45) is 0.417. The number of ether oxygens (including phenoxy) is 1. The third-order valence-corrected chi connectivity index (χ3v) is 3.82. The molecule has 0 radical (unpaired) electrons. The average molecular weight is 313 g/mol. The fourth-order valence-electron chi connectivity index (χ4n) is 2.40. The second-order valence-electron chi connectivity index (χ2n) is 5.55. The average Bonchev–Trinajstić information content (AvgIpc) is 2.60. The first kappa shape index (κ1) is 17.0. The highest BCUT2D eigenvalue weighted by atomic mass is 16.5. The number of nitrogens with zero attached hydrogens (tertiary/aromatic N) is 1. The summed E-state index contributed by atoms with van der Waals surface area (Å²) in [4.78, 5) is 13.8. The van der Waals surface area contributed by atoms with Crippen molar-refractivity contribution < 1.29 is 14.6 Å². The Morgan fingerprint density at radius 1 is 1.17 bits per heavy atom. The SMILES string of the molecule is COc1cccc(C(O)CN(C)C(=O)CCc2ccccc2)c1. The molecule has 0 spiro atoms. The molecule has 0 saturated heterocycles. The van der Waals surface area contributed by atoms with Crippen molar-refractivity contribution in [2.45, 2.75) is 18.9 Å². The van der Waals surface area contributed by atoms with E-state index in [2.05, 4.69) is 0 Å². The minimum atomic E-state index is -0.726. The molecule has 0 heterocycles. The maximum absolute atomic E-state index is 12.2. The fraction of sp³-hybridized carbons (Fsp3) is 0.316. The number of rotatable bonds is 7. The maximum atomic E-state index is 12.2. The second-order valence-corrected chi connectivity index (χ2v) is 5.55. The van der Waals surface area contributed by atoms with Crippen molar-refractivity contribution in [2.24, 2.45) is 0 Å². The first-order chi connectivity index (χ1) is 11.1. The van der Waals surface area contributed by atoms with E-state index >= 15 is 0 Å². The van der Waals surface area contributed by atoms with Crippen LogP contribution in [-0.2, 0) is 11.2 Å². The van der Waals surface area contributed by atoms with Crippen LogP contribution in [0.5, 0.6) is 5.75 Å². The van der Waals surface area contributed by atoms with Crippen LogP contribution in [0.4, 0.5) is 0 Å². The molecule has 0 fully saturated rings. The van der Waals surface area contributed by atoms with E-state index in [1.165, 1.54) is 0 Å². The van der Waals surface area contributed by atoms with Crippen molar-refractivity contribution in [1.29, 1.82) is 0 Å². The van der Waals surface area contributed by atoms with Gasteiger partial charge in [0.25, 0.3) is 0 Å². The van der Waals surface area contributed by atoms with Crippen LogP contribution in [0, 0.1) is 0 Å². The van der Waals surface area contributed by atoms with Crippen molar-refractivity contribution in [2.75, 3.05) is 20.7 Å². The molecule has 1 N–H and O–H groups in total. The number of benzene rings is 2. The van der Waals surface area contributed by atoms with Gasteiger partial charge in [0, 0.05) is 13.5 Å². The Morgan fingerprint density at radius 2 is 1.91 bits per heavy atom. The zero-order chi connectivity index (χ0) is 16.7. The van der Waals surface area contributed by atoms with Crippen molar-refractivity contribution in [1.82, 2.24) is 4.90 Å². The number of amides is 1. The van der Waals surface area contributed by atoms with E-state index in [-0.39, 0.29) is 12.5 Å². The lowest BCUT2D eigenvalue weighted by atomic mass is 10.1. The van der Waals surface area contributed by atoms with Gasteiger partial charge in [0.15, 0.2) is 0 Å². The Balaban J connectivity index is 1.87. The third-order valence-electron chi connectivity index (χ3n) is 3.82. The van der Waals surface area contributed by atoms with Gasteiger partial charge >= 0.3 is 0 Å². The Labute approximate surface area is 137 Å². The van der Waals surface area contributed by atoms with Gasteiger partial charge in [-0.2, -0.15) is 0 Å². The van der Waals surface area contributed by atoms with Crippen LogP contribution in [0.3, 0.4) is 0 Å². The van der Waals surface area contributed by atoms with Crippen molar-refractivity contribution in [3.63, 3.8) is 0 Å². The van der Waals surface area contributed by atoms with E-state index in [0.717, 1.165) is 11.1 Å². The molecular weight excluding hydrogens is 290 g/mol. The van der Waals surface area contributed by atoms with Crippen LogP contribution in [0.25, 0.3) is 0 Å². The van der Waals surface area contributed by atoms with Gasteiger partial charge in [0.1, 0.15) is 5.75 Å². The summed E-state index contributed by atoms with van der Waals surface area (Å²) in [5.41, 5.74) is 1.88. The molecule has 2 aromatic rings. The number of hydrogen-bond acceptors (Lipinski definition) is 3. The molecule has 1 unspecified atom stereocenters. The molecule has 0 aliphatic heterocycles. The third kappa shape index (κ3) is 5.11. The van der Waals surface area contributed by atoms with Gasteiger partial charge in [-0.05, 0) is 29.7 Å². The highest BCUT2D eigenvalue weighted by Gasteiger charge is 2.15. The van der Waals surface area contributed by atoms with E-state index in [0.29, 0.717) is 18.6 Å². The molecule has 2 rings (SSSR count). The summed E-state index contributed by atoms with van der Waals surface area (Å²) in [5.74, 6) is 0.718. The molecule has 0 aliphatic carbocycles. The number of aryl methyl sites for hydroxylation is 1. The monoisotopic (exact) mass is 313 g/mol. The number of likely N-dealkylation sites (N-methyl/N-ethyl adjacent to an activating group) is 1. The fourth-order valence-corrected chi connectivity index (χ4v) is 2.40. The number of hydrogen-bond donors (Lipinski definition) is 1. The lowest BCUT2D eigenvalue weighted by molar-refractivity contribution is -0.131. The topological polar surface area (TPSA) is 49.8 Å². The van der Waals surface area contributed by atoms with Crippen LogP contribution in [0.2, 0.25) is 0 Å². The maximum Gasteiger partial charge on any atom is 0.222 e. The summed E-state index contributed by atoms with van der Waals surface area (Å²) in [5, 5.41) is 10.3. The molecule has 0 aromatic heterocycles. The quantitative estimate of drug-likeness (QED) is 0.855. The van der Waals surface area contributed by atoms with E-state index < -0.39 is 6.10 Å². The van der Waals surface area contributed by atoms with Gasteiger partial charge in [0.2, 0.25) is 5.91 Å². The van der Waals surface area contributed by atoms with E-state index in [9.17, 15) is 9.90 Å². The predicted molar refractivity (Wildman–Crippen MR) is 90.4 cm³/mol. The van der Waals surface area contributed by atoms with Gasteiger partial charge in [-0.25, -0.2) is 0 Å². The highest BCUT2D eigenvalue weighted by molar-refractivity contribution is 5.76. The van der Waals surface area contributed by atoms with Gasteiger partial charge in [-0.3, -0.25) is 4.79 Å². The Morgan fingerprint density at radius 3 is 2.61 bits per heavy atom. The normalized spacial score (nSPS) is 11.8. The van der Waals surface area contributed by atoms with Gasteiger partial charge in [0.05, 0.1) is 19.8 Å². The molecule has 0 aliphatic rings. The molecule has 1 amide bonds. The number of carbonyl (C=O) groups excluding carboxylic acids is 1. The van der Waals surface area contributed by atoms with Crippen LogP contribution in [0.1, 0.15) is 23.7 Å². The molecule has 1 atom stereocenters. The minimum absolute atomic E-state index is 0.0239. The Hall–Kier alpha value is -2.33. The smallest absolute Gasteiger partial charge is 0.222 e. The second kappa shape index (κ2) is 8.34. The molecule has 0 saturated carbocycles. The zero-order valence-electron chi connectivity index (χ0n) is 13.6. The lowest BCUT2D eigenvalue weighted by Gasteiger charge is -2.21. The molecule has 4 heteroatoms. The summed E-state index contributed by atoms with van der Waals surface area (Å²) in [7, 11) is 3.31. The van der Waals surface area contributed by atoms with Crippen LogP contribution < -0.4 is 4.74 Å². The van der Waals surface area contributed by atoms with Crippen LogP contribution in [-0.4, -0.2) is 36.6 Å². The Bertz CT molecular complexity index is 628. The number of aliphatic hydroxyl groups excluding tert-OH is 1. The summed E-state index contributed by atoms with van der Waals surface area (Å²) >= 11 is 0. The molecule has 23 heavy (non-hydrogen) atoms. The van der Waals surface area contributed by atoms with Crippen LogP contribution >= 0.6 is 0 Å². The van der Waals surface area contributed by atoms with Crippen molar-refractivity contribution in [3.8, 4) is 5.75 Å². The molecular formula is C19H23NO3. The lowest BCUT2D eigenvalue weighted by Crippen LogP contribution is -2.31. The zero-order valence-corrected chi connectivity index (χ0v) is 13.6. The van der Waals surface area contributed by atoms with Gasteiger partial charge in [-0.1, -0.05) is 42.5 Å². The molecule has 0 bridgehead atoms. The molecule has 2 aromatic carbocycles. The van der Waals surface area contributed by atoms with Crippen molar-refractivity contribution >= 4 is 5.91 Å². The summed E-state index contributed by atoms with van der Waals surface area (Å²) < 4.78 is 5.15. The first-order valence-corrected chi connectivity index (χ1v) is 7.70. The number of aliphatic hydroxyl groups is 1. The first-order valence-electron chi connectivity index (χ1n) is 7.70. The molecule has 4 nitrogen and oxygen atoms in total. The Kier molecular flexibility index (Phi) is 6.18. The standard InChI is InChI=1S/C19H23NO3/c1-20(19(22)12-11-15-7-4-3-5-8-15)14-18(21)16-9-6-10-17(13-16)23-2/h3-10,13,18,21H,11-12,14H2,1-2H3. The van der Waals surface area contributed by atoms with Crippen LogP contribution in [0.15, 0.2) is 54.6 Å².